The number of nitrogens with zero attached hydrogens (tertiary/aromatic N) is 3. The van der Waals surface area contributed by atoms with Crippen LogP contribution in [0.25, 0.3) is 22.4 Å². The molecule has 1 unspecified atom stereocenters. The molecule has 1 atom stereocenters. The number of hydrogen-bond acceptors (Lipinski definition) is 9. The number of carbonyl (C=O) groups excluding carboxylic acids is 5. The number of unbranched alkanes of at least 4 members (excludes halogenated alkanes) is 2. The molecule has 14 nitrogen and oxygen atoms in total. The van der Waals surface area contributed by atoms with Crippen LogP contribution in [0.15, 0.2) is 108 Å². The normalized spacial score (nSPS) is 13.6. The number of fused-ring (bicyclic) bond motifs is 1. The molecule has 1 aliphatic heterocycles. The van der Waals surface area contributed by atoms with E-state index >= 15 is 0 Å². The zero-order valence-corrected chi connectivity index (χ0v) is 40.1. The van der Waals surface area contributed by atoms with Gasteiger partial charge in [-0.25, -0.2) is 0 Å². The van der Waals surface area contributed by atoms with E-state index in [1.165, 1.54) is 25.5 Å². The van der Waals surface area contributed by atoms with Crippen LogP contribution in [0, 0.1) is 17.3 Å². The lowest BCUT2D eigenvalue weighted by molar-refractivity contribution is -0.128. The van der Waals surface area contributed by atoms with Crippen molar-refractivity contribution in [2.75, 3.05) is 30.8 Å². The second kappa shape index (κ2) is 26.8. The SMILES string of the molecule is CCCC(C(=O)NC=O)N1C(=O)c2cccc(NCCCC(=O)NCCCCC#Cc3cccc(Cn4c(NC=NC)c(C=N)c(-c5ccccc5)c4-c4ccccc4)c3)c2C1=O.OC1CCCCC1. The van der Waals surface area contributed by atoms with E-state index in [2.05, 4.69) is 79.1 Å². The van der Waals surface area contributed by atoms with Gasteiger partial charge in [-0.3, -0.25) is 39.2 Å². The minimum Gasteiger partial charge on any atom is -0.393 e. The summed E-state index contributed by atoms with van der Waals surface area (Å²) in [5.41, 5.74) is 7.55. The molecule has 14 heteroatoms. The van der Waals surface area contributed by atoms with Crippen LogP contribution in [-0.4, -0.2) is 89.4 Å². The van der Waals surface area contributed by atoms with Gasteiger partial charge in [0, 0.05) is 68.1 Å². The maximum Gasteiger partial charge on any atom is 0.264 e. The van der Waals surface area contributed by atoms with Gasteiger partial charge in [0.15, 0.2) is 0 Å². The fourth-order valence-electron chi connectivity index (χ4n) is 8.85. The maximum atomic E-state index is 13.4. The quantitative estimate of drug-likeness (QED) is 0.0105. The summed E-state index contributed by atoms with van der Waals surface area (Å²) in [5.74, 6) is 5.41. The van der Waals surface area contributed by atoms with Crippen molar-refractivity contribution in [1.29, 1.82) is 5.41 Å². The number of imide groups is 2. The molecule has 0 saturated heterocycles. The Bertz CT molecular complexity index is 2680. The van der Waals surface area contributed by atoms with Crippen molar-refractivity contribution < 1.29 is 29.1 Å². The third-order valence-corrected chi connectivity index (χ3v) is 12.2. The molecule has 5 amide bonds. The number of aliphatic hydroxyl groups excluding tert-OH is 1. The second-order valence-electron chi connectivity index (χ2n) is 17.3. The lowest BCUT2D eigenvalue weighted by Crippen LogP contribution is -2.49. The molecule has 2 heterocycles. The van der Waals surface area contributed by atoms with Crippen molar-refractivity contribution in [3.8, 4) is 34.2 Å². The van der Waals surface area contributed by atoms with Crippen LogP contribution in [0.3, 0.4) is 0 Å². The van der Waals surface area contributed by atoms with E-state index in [-0.39, 0.29) is 42.4 Å². The van der Waals surface area contributed by atoms with Crippen LogP contribution in [0.2, 0.25) is 0 Å². The standard InChI is InChI=1S/C50H52N8O5.C6H12O/c1-3-17-42(48(61)56-34-59)58-49(62)39-25-15-26-41(45(39)50(58)63)53-29-16-27-43(60)54-28-13-5-4-8-18-35-19-14-20-36(30-35)32-57-46(38-23-11-7-12-24-38)44(37-21-9-6-10-22-37)40(31-51)47(57)55-33-52-2;7-6-4-2-1-3-5-6/h6-7,9-12,14-15,19-26,30-31,33-34,42,51,53H,3-5,13,16-17,27-29,32H2,1-2H3,(H,52,55)(H,54,60)(H,56,59,61);6-7H,1-5H2. The van der Waals surface area contributed by atoms with Gasteiger partial charge < -0.3 is 31.0 Å². The molecule has 70 heavy (non-hydrogen) atoms. The molecule has 1 saturated carbocycles. The average Bonchev–Trinajstić information content (AvgIpc) is 3.83. The Morgan fingerprint density at radius 3 is 2.27 bits per heavy atom. The molecule has 2 aliphatic rings. The van der Waals surface area contributed by atoms with Gasteiger partial charge in [-0.1, -0.05) is 123 Å². The lowest BCUT2D eigenvalue weighted by atomic mass is 9.98. The zero-order valence-electron chi connectivity index (χ0n) is 40.1. The fraction of sp³-hybridized carbons (Fsp3) is 0.339. The molecule has 1 fully saturated rings. The third kappa shape index (κ3) is 13.5. The van der Waals surface area contributed by atoms with E-state index in [9.17, 15) is 24.0 Å². The monoisotopic (exact) mass is 944 g/mol. The number of anilines is 2. The highest BCUT2D eigenvalue weighted by molar-refractivity contribution is 6.25. The Morgan fingerprint density at radius 2 is 1.60 bits per heavy atom. The topological polar surface area (TPSA) is 198 Å². The number of carbonyl (C=O) groups is 5. The lowest BCUT2D eigenvalue weighted by Gasteiger charge is -2.24. The number of amides is 5. The molecule has 1 aliphatic carbocycles. The average molecular weight is 945 g/mol. The largest absolute Gasteiger partial charge is 0.393 e. The van der Waals surface area contributed by atoms with Crippen LogP contribution in [-0.2, 0) is 20.9 Å². The van der Waals surface area contributed by atoms with E-state index in [1.54, 1.807) is 31.6 Å². The smallest absolute Gasteiger partial charge is 0.264 e. The Labute approximate surface area is 410 Å². The van der Waals surface area contributed by atoms with Crippen LogP contribution < -0.4 is 21.3 Å². The number of rotatable bonds is 21. The van der Waals surface area contributed by atoms with Gasteiger partial charge in [0.25, 0.3) is 11.8 Å². The van der Waals surface area contributed by atoms with E-state index in [0.717, 1.165) is 75.5 Å². The predicted octanol–water partition coefficient (Wildman–Crippen LogP) is 8.82. The first kappa shape index (κ1) is 51.8. The van der Waals surface area contributed by atoms with E-state index < -0.39 is 23.8 Å². The zero-order chi connectivity index (χ0) is 49.7. The predicted molar refractivity (Wildman–Crippen MR) is 277 cm³/mol. The Balaban J connectivity index is 0.00000105. The van der Waals surface area contributed by atoms with Crippen molar-refractivity contribution in [3.05, 3.63) is 131 Å². The first-order valence-corrected chi connectivity index (χ1v) is 24.3. The Kier molecular flexibility index (Phi) is 19.8. The number of aliphatic imine (C=N–C) groups is 1. The summed E-state index contributed by atoms with van der Waals surface area (Å²) in [6.07, 6.45) is 13.0. The van der Waals surface area contributed by atoms with Crippen LogP contribution in [0.4, 0.5) is 11.5 Å². The fourth-order valence-corrected chi connectivity index (χ4v) is 8.85. The Hall–Kier alpha value is -7.63. The molecule has 0 bridgehead atoms. The summed E-state index contributed by atoms with van der Waals surface area (Å²) in [4.78, 5) is 67.7. The van der Waals surface area contributed by atoms with Gasteiger partial charge >= 0.3 is 0 Å². The first-order valence-electron chi connectivity index (χ1n) is 24.3. The first-order chi connectivity index (χ1) is 34.2. The van der Waals surface area contributed by atoms with E-state index in [0.29, 0.717) is 44.6 Å². The minimum absolute atomic E-state index is 0.0359. The number of aliphatic hydroxyl groups is 1. The summed E-state index contributed by atoms with van der Waals surface area (Å²) in [7, 11) is 1.71. The molecule has 4 aromatic carbocycles. The summed E-state index contributed by atoms with van der Waals surface area (Å²) >= 11 is 0. The second-order valence-corrected chi connectivity index (χ2v) is 17.3. The highest BCUT2D eigenvalue weighted by atomic mass is 16.3. The Morgan fingerprint density at radius 1 is 0.871 bits per heavy atom. The van der Waals surface area contributed by atoms with Crippen molar-refractivity contribution in [1.82, 2.24) is 20.1 Å². The number of hydrogen-bond donors (Lipinski definition) is 6. The molecule has 6 N–H and O–H groups in total. The minimum atomic E-state index is -1.10. The molecule has 0 spiro atoms. The third-order valence-electron chi connectivity index (χ3n) is 12.2. The molecule has 364 valence electrons. The molecule has 5 aromatic rings. The van der Waals surface area contributed by atoms with Crippen LogP contribution in [0.5, 0.6) is 0 Å². The van der Waals surface area contributed by atoms with Crippen molar-refractivity contribution in [2.24, 2.45) is 4.99 Å². The number of benzene rings is 4. The maximum absolute atomic E-state index is 13.4. The van der Waals surface area contributed by atoms with E-state index in [4.69, 9.17) is 10.5 Å². The van der Waals surface area contributed by atoms with Gasteiger partial charge in [0.2, 0.25) is 18.2 Å². The summed E-state index contributed by atoms with van der Waals surface area (Å²) in [5, 5.41) is 29.0. The van der Waals surface area contributed by atoms with Crippen molar-refractivity contribution in [2.45, 2.75) is 103 Å². The molecule has 7 rings (SSSR count). The van der Waals surface area contributed by atoms with Gasteiger partial charge in [-0.05, 0) is 79.5 Å². The highest BCUT2D eigenvalue weighted by Crippen LogP contribution is 2.41. The highest BCUT2D eigenvalue weighted by Gasteiger charge is 2.43. The number of nitrogens with one attached hydrogen (secondary N) is 5. The van der Waals surface area contributed by atoms with E-state index in [1.807, 2.05) is 55.5 Å². The van der Waals surface area contributed by atoms with Crippen LogP contribution >= 0.6 is 0 Å². The molecule has 1 aromatic heterocycles. The van der Waals surface area contributed by atoms with Gasteiger partial charge in [-0.2, -0.15) is 0 Å². The number of aromatic nitrogens is 1. The summed E-state index contributed by atoms with van der Waals surface area (Å²) in [6.45, 7) is 3.27. The summed E-state index contributed by atoms with van der Waals surface area (Å²) < 4.78 is 2.21. The molecular formula is C56H64N8O6. The molecule has 0 radical (unpaired) electrons. The van der Waals surface area contributed by atoms with Gasteiger partial charge in [-0.15, -0.1) is 0 Å². The molecular weight excluding hydrogens is 881 g/mol. The van der Waals surface area contributed by atoms with Crippen LogP contribution in [0.1, 0.15) is 121 Å². The van der Waals surface area contributed by atoms with Crippen molar-refractivity contribution >= 4 is 54.1 Å². The van der Waals surface area contributed by atoms with Crippen molar-refractivity contribution in [3.63, 3.8) is 0 Å². The van der Waals surface area contributed by atoms with Gasteiger partial charge in [0.05, 0.1) is 29.3 Å². The summed E-state index contributed by atoms with van der Waals surface area (Å²) in [6, 6.07) is 32.3. The van der Waals surface area contributed by atoms with Gasteiger partial charge in [0.1, 0.15) is 11.9 Å².